The third kappa shape index (κ3) is 3.65. The van der Waals surface area contributed by atoms with Gasteiger partial charge in [-0.05, 0) is 112 Å². The van der Waals surface area contributed by atoms with Crippen LogP contribution in [0, 0.1) is 35.0 Å². The molecule has 0 amide bonds. The molecule has 0 radical (unpaired) electrons. The quantitative estimate of drug-likeness (QED) is 0.605. The third-order valence-electron chi connectivity index (χ3n) is 10.8. The van der Waals surface area contributed by atoms with Gasteiger partial charge in [0.25, 0.3) is 0 Å². The number of carbonyl (C=O) groups is 1. The summed E-state index contributed by atoms with van der Waals surface area (Å²) in [6.07, 6.45) is 9.27. The van der Waals surface area contributed by atoms with Crippen LogP contribution in [0.5, 0.6) is 5.75 Å². The molecule has 1 aromatic carbocycles. The Kier molecular flexibility index (Phi) is 5.38. The van der Waals surface area contributed by atoms with Crippen LogP contribution in [-0.4, -0.2) is 39.0 Å². The van der Waals surface area contributed by atoms with Crippen LogP contribution in [-0.2, 0) is 11.3 Å². The number of fused-ring (bicyclic) bond motifs is 6. The lowest BCUT2D eigenvalue weighted by Gasteiger charge is -2.59. The zero-order valence-electron chi connectivity index (χ0n) is 21.3. The SMILES string of the molecule is COc1ccc2nn(CC(=O)[C@H]3CC[C@H]4[C@@H]5CC[C@@H]6C[C@](C)(O)CC[C@]6(F)[C@H]5CC[C@]34C)cc2c1. The summed E-state index contributed by atoms with van der Waals surface area (Å²) in [6, 6.07) is 5.77. The average molecular weight is 483 g/mol. The largest absolute Gasteiger partial charge is 0.497 e. The molecule has 5 nitrogen and oxygen atoms in total. The van der Waals surface area contributed by atoms with E-state index in [1.807, 2.05) is 31.3 Å². The van der Waals surface area contributed by atoms with E-state index in [9.17, 15) is 9.90 Å². The lowest BCUT2D eigenvalue weighted by molar-refractivity contribution is -0.166. The Morgan fingerprint density at radius 3 is 2.77 bits per heavy atom. The van der Waals surface area contributed by atoms with Gasteiger partial charge in [-0.2, -0.15) is 5.10 Å². The number of ketones is 1. The summed E-state index contributed by atoms with van der Waals surface area (Å²) < 4.78 is 23.7. The van der Waals surface area contributed by atoms with Gasteiger partial charge >= 0.3 is 0 Å². The van der Waals surface area contributed by atoms with Crippen molar-refractivity contribution in [1.29, 1.82) is 0 Å². The van der Waals surface area contributed by atoms with Gasteiger partial charge in [0.1, 0.15) is 11.4 Å². The van der Waals surface area contributed by atoms with Crippen molar-refractivity contribution in [3.8, 4) is 5.75 Å². The summed E-state index contributed by atoms with van der Waals surface area (Å²) >= 11 is 0. The molecule has 2 aromatic rings. The highest BCUT2D eigenvalue weighted by Crippen LogP contribution is 2.66. The molecule has 0 bridgehead atoms. The second-order valence-electron chi connectivity index (χ2n) is 12.7. The Bertz CT molecular complexity index is 1140. The lowest BCUT2D eigenvalue weighted by Crippen LogP contribution is -2.58. The van der Waals surface area contributed by atoms with Crippen molar-refractivity contribution in [3.05, 3.63) is 24.4 Å². The Morgan fingerprint density at radius 2 is 1.97 bits per heavy atom. The van der Waals surface area contributed by atoms with Crippen molar-refractivity contribution in [2.45, 2.75) is 89.4 Å². The van der Waals surface area contributed by atoms with Crippen LogP contribution >= 0.6 is 0 Å². The Morgan fingerprint density at radius 1 is 1.14 bits per heavy atom. The van der Waals surface area contributed by atoms with Crippen LogP contribution < -0.4 is 4.74 Å². The molecule has 190 valence electrons. The fourth-order valence-corrected chi connectivity index (χ4v) is 9.04. The van der Waals surface area contributed by atoms with Crippen LogP contribution in [0.3, 0.4) is 0 Å². The van der Waals surface area contributed by atoms with Gasteiger partial charge in [-0.25, -0.2) is 4.39 Å². The maximum Gasteiger partial charge on any atom is 0.157 e. The topological polar surface area (TPSA) is 64.4 Å². The van der Waals surface area contributed by atoms with E-state index < -0.39 is 11.3 Å². The van der Waals surface area contributed by atoms with E-state index in [1.54, 1.807) is 11.8 Å². The van der Waals surface area contributed by atoms with E-state index in [0.717, 1.165) is 55.2 Å². The summed E-state index contributed by atoms with van der Waals surface area (Å²) in [4.78, 5) is 13.6. The maximum atomic E-state index is 16.6. The summed E-state index contributed by atoms with van der Waals surface area (Å²) in [6.45, 7) is 4.49. The number of aromatic nitrogens is 2. The minimum absolute atomic E-state index is 0.0109. The molecule has 6 rings (SSSR count). The fraction of sp³-hybridized carbons (Fsp3) is 0.724. The number of aliphatic hydroxyl groups is 1. The summed E-state index contributed by atoms with van der Waals surface area (Å²) in [5.41, 5.74) is -1.03. The van der Waals surface area contributed by atoms with Crippen molar-refractivity contribution in [2.75, 3.05) is 7.11 Å². The standard InChI is InChI=1S/C29H39FN2O3/c1-27(34)12-13-29(30)19(15-27)4-6-21-22-7-8-24(28(22,2)11-10-23(21)29)26(33)17-32-16-18-14-20(35-3)5-9-25(18)31-32/h5,9,14,16,19,21-24,34H,4,6-8,10-13,15,17H2,1-3H3/t19-,21+,22+,23+,24-,27-,28+,29-/m1/s1. The number of alkyl halides is 1. The molecule has 6 heteroatoms. The molecule has 0 spiro atoms. The van der Waals surface area contributed by atoms with Gasteiger partial charge in [0, 0.05) is 17.5 Å². The lowest BCUT2D eigenvalue weighted by atomic mass is 9.48. The number of methoxy groups -OCH3 is 1. The van der Waals surface area contributed by atoms with Crippen molar-refractivity contribution < 1.29 is 19.0 Å². The Balaban J connectivity index is 1.19. The number of Topliss-reactive ketones (excluding diaryl/α,β-unsaturated/α-hetero) is 1. The molecule has 0 saturated heterocycles. The minimum Gasteiger partial charge on any atom is -0.497 e. The van der Waals surface area contributed by atoms with Gasteiger partial charge in [0.15, 0.2) is 5.78 Å². The molecular formula is C29H39FN2O3. The second-order valence-corrected chi connectivity index (χ2v) is 12.7. The monoisotopic (exact) mass is 482 g/mol. The zero-order chi connectivity index (χ0) is 24.6. The van der Waals surface area contributed by atoms with Gasteiger partial charge in [0.05, 0.1) is 24.8 Å². The summed E-state index contributed by atoms with van der Waals surface area (Å²) in [5, 5.41) is 16.2. The molecule has 35 heavy (non-hydrogen) atoms. The highest BCUT2D eigenvalue weighted by Gasteiger charge is 2.63. The first-order valence-corrected chi connectivity index (χ1v) is 13.6. The molecule has 0 aliphatic heterocycles. The number of hydrogen-bond acceptors (Lipinski definition) is 4. The van der Waals surface area contributed by atoms with E-state index in [-0.39, 0.29) is 29.0 Å². The highest BCUT2D eigenvalue weighted by molar-refractivity contribution is 5.84. The normalized spacial score (nSPS) is 42.8. The van der Waals surface area contributed by atoms with Crippen LogP contribution in [0.25, 0.3) is 10.9 Å². The molecule has 4 aliphatic rings. The first-order valence-electron chi connectivity index (χ1n) is 13.6. The third-order valence-corrected chi connectivity index (χ3v) is 10.8. The predicted molar refractivity (Wildman–Crippen MR) is 133 cm³/mol. The van der Waals surface area contributed by atoms with Crippen LogP contribution in [0.15, 0.2) is 24.4 Å². The number of benzene rings is 1. The average Bonchev–Trinajstić information content (AvgIpc) is 3.38. The second kappa shape index (κ2) is 8.03. The molecule has 4 saturated carbocycles. The number of nitrogens with zero attached hydrogens (tertiary/aromatic N) is 2. The van der Waals surface area contributed by atoms with E-state index in [4.69, 9.17) is 4.74 Å². The van der Waals surface area contributed by atoms with Crippen molar-refractivity contribution in [3.63, 3.8) is 0 Å². The van der Waals surface area contributed by atoms with Crippen molar-refractivity contribution in [1.82, 2.24) is 9.78 Å². The first-order chi connectivity index (χ1) is 16.6. The van der Waals surface area contributed by atoms with E-state index in [1.165, 1.54) is 0 Å². The molecule has 1 N–H and O–H groups in total. The highest BCUT2D eigenvalue weighted by atomic mass is 19.1. The fourth-order valence-electron chi connectivity index (χ4n) is 9.04. The number of rotatable bonds is 4. The molecule has 1 aromatic heterocycles. The van der Waals surface area contributed by atoms with Crippen LogP contribution in [0.1, 0.15) is 71.6 Å². The number of hydrogen-bond donors (Lipinski definition) is 1. The molecule has 1 heterocycles. The molecule has 0 unspecified atom stereocenters. The Labute approximate surface area is 207 Å². The minimum atomic E-state index is -1.13. The molecular weight excluding hydrogens is 443 g/mol. The summed E-state index contributed by atoms with van der Waals surface area (Å²) in [5.74, 6) is 1.95. The van der Waals surface area contributed by atoms with Gasteiger partial charge < -0.3 is 9.84 Å². The molecule has 4 fully saturated rings. The van der Waals surface area contributed by atoms with Crippen LogP contribution in [0.4, 0.5) is 4.39 Å². The van der Waals surface area contributed by atoms with Crippen molar-refractivity contribution in [2.24, 2.45) is 35.0 Å². The number of carbonyl (C=O) groups excluding carboxylic acids is 1. The van der Waals surface area contributed by atoms with E-state index in [0.29, 0.717) is 37.6 Å². The smallest absolute Gasteiger partial charge is 0.157 e. The predicted octanol–water partition coefficient (Wildman–Crippen LogP) is 5.73. The maximum absolute atomic E-state index is 16.6. The van der Waals surface area contributed by atoms with Gasteiger partial charge in [0.2, 0.25) is 0 Å². The zero-order valence-corrected chi connectivity index (χ0v) is 21.3. The first kappa shape index (κ1) is 23.4. The van der Waals surface area contributed by atoms with Gasteiger partial charge in [-0.1, -0.05) is 6.92 Å². The number of halogens is 1. The van der Waals surface area contributed by atoms with E-state index in [2.05, 4.69) is 12.0 Å². The van der Waals surface area contributed by atoms with Gasteiger partial charge in [-0.3, -0.25) is 9.48 Å². The van der Waals surface area contributed by atoms with E-state index >= 15 is 4.39 Å². The van der Waals surface area contributed by atoms with Crippen molar-refractivity contribution >= 4 is 16.7 Å². The number of ether oxygens (including phenoxy) is 1. The summed E-state index contributed by atoms with van der Waals surface area (Å²) in [7, 11) is 1.65. The Hall–Kier alpha value is -1.95. The molecule has 4 aliphatic carbocycles. The van der Waals surface area contributed by atoms with Crippen LogP contribution in [0.2, 0.25) is 0 Å². The van der Waals surface area contributed by atoms with Gasteiger partial charge in [-0.15, -0.1) is 0 Å². The molecule has 8 atom stereocenters.